The fraction of sp³-hybridized carbons (Fsp3) is 0.375. The van der Waals surface area contributed by atoms with Crippen LogP contribution < -0.4 is 5.32 Å². The van der Waals surface area contributed by atoms with E-state index in [9.17, 15) is 9.50 Å². The van der Waals surface area contributed by atoms with Gasteiger partial charge in [0.2, 0.25) is 0 Å². The quantitative estimate of drug-likeness (QED) is 0.904. The third-order valence-corrected chi connectivity index (χ3v) is 3.98. The first-order chi connectivity index (χ1) is 10.2. The minimum atomic E-state index is -0.659. The molecule has 0 aliphatic heterocycles. The molecular weight excluding hydrogens is 269 g/mol. The van der Waals surface area contributed by atoms with Crippen molar-refractivity contribution in [2.24, 2.45) is 0 Å². The Labute approximate surface area is 123 Å². The molecular formula is C16H18FN3O. The minimum absolute atomic E-state index is 0.362. The first-order valence-electron chi connectivity index (χ1n) is 7.23. The summed E-state index contributed by atoms with van der Waals surface area (Å²) in [6, 6.07) is 6.19. The van der Waals surface area contributed by atoms with Crippen LogP contribution in [0.5, 0.6) is 5.75 Å². The maximum absolute atomic E-state index is 13.5. The molecule has 4 nitrogen and oxygen atoms in total. The van der Waals surface area contributed by atoms with Crippen molar-refractivity contribution in [1.82, 2.24) is 9.97 Å². The van der Waals surface area contributed by atoms with Crippen LogP contribution >= 0.6 is 0 Å². The van der Waals surface area contributed by atoms with E-state index in [1.165, 1.54) is 25.0 Å². The fourth-order valence-electron chi connectivity index (χ4n) is 2.80. The molecule has 2 aromatic rings. The average molecular weight is 287 g/mol. The lowest BCUT2D eigenvalue weighted by Crippen LogP contribution is -2.04. The van der Waals surface area contributed by atoms with Crippen molar-refractivity contribution in [1.29, 1.82) is 0 Å². The lowest BCUT2D eigenvalue weighted by Gasteiger charge is -2.12. The van der Waals surface area contributed by atoms with Gasteiger partial charge in [0, 0.05) is 30.3 Å². The van der Waals surface area contributed by atoms with Gasteiger partial charge in [-0.3, -0.25) is 0 Å². The van der Waals surface area contributed by atoms with Crippen LogP contribution in [0, 0.1) is 5.82 Å². The van der Waals surface area contributed by atoms with E-state index in [0.29, 0.717) is 17.3 Å². The highest BCUT2D eigenvalue weighted by molar-refractivity contribution is 5.59. The van der Waals surface area contributed by atoms with Crippen molar-refractivity contribution in [3.63, 3.8) is 0 Å². The average Bonchev–Trinajstić information content (AvgIpc) is 3.04. The van der Waals surface area contributed by atoms with Crippen LogP contribution in [0.3, 0.4) is 0 Å². The number of benzene rings is 1. The smallest absolute Gasteiger partial charge is 0.165 e. The predicted octanol–water partition coefficient (Wildman–Crippen LogP) is 3.69. The summed E-state index contributed by atoms with van der Waals surface area (Å²) < 4.78 is 13.5. The molecule has 0 bridgehead atoms. The Hall–Kier alpha value is -2.17. The van der Waals surface area contributed by atoms with E-state index in [0.717, 1.165) is 24.4 Å². The number of phenolic OH excluding ortho intramolecular Hbond substituents is 1. The summed E-state index contributed by atoms with van der Waals surface area (Å²) in [5, 5.41) is 12.3. The second-order valence-corrected chi connectivity index (χ2v) is 5.40. The van der Waals surface area contributed by atoms with Gasteiger partial charge in [0.1, 0.15) is 5.82 Å². The predicted molar refractivity (Wildman–Crippen MR) is 79.8 cm³/mol. The standard InChI is InChI=1S/C16H18FN3O/c1-18-15-9-13(10-4-2-3-5-10)19-16(20-15)11-6-7-14(21)12(17)8-11/h6-10,21H,2-5H2,1H3,(H,18,19,20). The highest BCUT2D eigenvalue weighted by atomic mass is 19.1. The lowest BCUT2D eigenvalue weighted by molar-refractivity contribution is 0.432. The summed E-state index contributed by atoms with van der Waals surface area (Å²) in [4.78, 5) is 9.00. The van der Waals surface area contributed by atoms with E-state index < -0.39 is 5.82 Å². The number of phenols is 1. The van der Waals surface area contributed by atoms with Gasteiger partial charge < -0.3 is 10.4 Å². The molecule has 0 unspecified atom stereocenters. The molecule has 1 aromatic heterocycles. The second-order valence-electron chi connectivity index (χ2n) is 5.40. The number of aromatic hydroxyl groups is 1. The summed E-state index contributed by atoms with van der Waals surface area (Å²) >= 11 is 0. The number of aromatic nitrogens is 2. The van der Waals surface area contributed by atoms with E-state index in [-0.39, 0.29) is 5.75 Å². The summed E-state index contributed by atoms with van der Waals surface area (Å²) in [7, 11) is 1.81. The van der Waals surface area contributed by atoms with E-state index in [1.807, 2.05) is 13.1 Å². The topological polar surface area (TPSA) is 58.0 Å². The molecule has 0 amide bonds. The molecule has 1 aliphatic carbocycles. The van der Waals surface area contributed by atoms with Crippen LogP contribution in [-0.4, -0.2) is 22.1 Å². The third-order valence-electron chi connectivity index (χ3n) is 3.98. The van der Waals surface area contributed by atoms with E-state index in [2.05, 4.69) is 15.3 Å². The van der Waals surface area contributed by atoms with Crippen LogP contribution in [0.25, 0.3) is 11.4 Å². The van der Waals surface area contributed by atoms with Gasteiger partial charge in [-0.25, -0.2) is 14.4 Å². The Morgan fingerprint density at radius 1 is 1.19 bits per heavy atom. The Kier molecular flexibility index (Phi) is 3.73. The lowest BCUT2D eigenvalue weighted by atomic mass is 10.0. The molecule has 1 aromatic carbocycles. The van der Waals surface area contributed by atoms with E-state index in [1.54, 1.807) is 6.07 Å². The van der Waals surface area contributed by atoms with Crippen LogP contribution in [0.1, 0.15) is 37.3 Å². The molecule has 1 heterocycles. The number of rotatable bonds is 3. The summed E-state index contributed by atoms with van der Waals surface area (Å²) in [6.07, 6.45) is 4.74. The van der Waals surface area contributed by atoms with Gasteiger partial charge in [-0.1, -0.05) is 12.8 Å². The van der Waals surface area contributed by atoms with Gasteiger partial charge in [0.25, 0.3) is 0 Å². The first kappa shape index (κ1) is 13.8. The molecule has 1 fully saturated rings. The third kappa shape index (κ3) is 2.82. The number of nitrogens with zero attached hydrogens (tertiary/aromatic N) is 2. The van der Waals surface area contributed by atoms with Crippen molar-refractivity contribution < 1.29 is 9.50 Å². The fourth-order valence-corrected chi connectivity index (χ4v) is 2.80. The number of nitrogens with one attached hydrogen (secondary N) is 1. The maximum Gasteiger partial charge on any atom is 0.165 e. The van der Waals surface area contributed by atoms with Gasteiger partial charge >= 0.3 is 0 Å². The Bertz CT molecular complexity index is 654. The van der Waals surface area contributed by atoms with E-state index in [4.69, 9.17) is 0 Å². The summed E-state index contributed by atoms with van der Waals surface area (Å²) in [5.41, 5.74) is 1.58. The monoisotopic (exact) mass is 287 g/mol. The maximum atomic E-state index is 13.5. The number of hydrogen-bond donors (Lipinski definition) is 2. The van der Waals surface area contributed by atoms with E-state index >= 15 is 0 Å². The molecule has 0 saturated heterocycles. The molecule has 2 N–H and O–H groups in total. The number of halogens is 1. The van der Waals surface area contributed by atoms with Gasteiger partial charge in [-0.05, 0) is 31.0 Å². The van der Waals surface area contributed by atoms with Gasteiger partial charge in [0.15, 0.2) is 17.4 Å². The highest BCUT2D eigenvalue weighted by Gasteiger charge is 2.20. The molecule has 0 atom stereocenters. The molecule has 3 rings (SSSR count). The highest BCUT2D eigenvalue weighted by Crippen LogP contribution is 2.34. The number of anilines is 1. The largest absolute Gasteiger partial charge is 0.505 e. The van der Waals surface area contributed by atoms with Gasteiger partial charge in [0.05, 0.1) is 0 Å². The zero-order valence-electron chi connectivity index (χ0n) is 11.9. The van der Waals surface area contributed by atoms with Crippen molar-refractivity contribution in [3.05, 3.63) is 35.8 Å². The zero-order valence-corrected chi connectivity index (χ0v) is 11.9. The van der Waals surface area contributed by atoms with Gasteiger partial charge in [-0.2, -0.15) is 0 Å². The van der Waals surface area contributed by atoms with Gasteiger partial charge in [-0.15, -0.1) is 0 Å². The Morgan fingerprint density at radius 3 is 2.62 bits per heavy atom. The van der Waals surface area contributed by atoms with Crippen molar-refractivity contribution in [2.75, 3.05) is 12.4 Å². The Balaban J connectivity index is 2.04. The molecule has 0 spiro atoms. The normalized spacial score (nSPS) is 15.3. The number of hydrogen-bond acceptors (Lipinski definition) is 4. The van der Waals surface area contributed by atoms with Crippen molar-refractivity contribution >= 4 is 5.82 Å². The van der Waals surface area contributed by atoms with Crippen LogP contribution in [0.4, 0.5) is 10.2 Å². The zero-order chi connectivity index (χ0) is 14.8. The van der Waals surface area contributed by atoms with Crippen LogP contribution in [-0.2, 0) is 0 Å². The molecule has 21 heavy (non-hydrogen) atoms. The SMILES string of the molecule is CNc1cc(C2CCCC2)nc(-c2ccc(O)c(F)c2)n1. The molecule has 1 aliphatic rings. The summed E-state index contributed by atoms with van der Waals surface area (Å²) in [5.74, 6) is 0.659. The molecule has 1 saturated carbocycles. The minimum Gasteiger partial charge on any atom is -0.505 e. The van der Waals surface area contributed by atoms with Crippen molar-refractivity contribution in [2.45, 2.75) is 31.6 Å². The molecule has 0 radical (unpaired) electrons. The van der Waals surface area contributed by atoms with Crippen LogP contribution in [0.15, 0.2) is 24.3 Å². The van der Waals surface area contributed by atoms with Crippen molar-refractivity contribution in [3.8, 4) is 17.1 Å². The van der Waals surface area contributed by atoms with Crippen LogP contribution in [0.2, 0.25) is 0 Å². The molecule has 5 heteroatoms. The Morgan fingerprint density at radius 2 is 1.95 bits per heavy atom. The summed E-state index contributed by atoms with van der Waals surface area (Å²) in [6.45, 7) is 0. The second kappa shape index (κ2) is 5.68. The first-order valence-corrected chi connectivity index (χ1v) is 7.23. The molecule has 110 valence electrons.